The highest BCUT2D eigenvalue weighted by molar-refractivity contribution is 6.00. The van der Waals surface area contributed by atoms with Crippen LogP contribution >= 0.6 is 0 Å². The van der Waals surface area contributed by atoms with Crippen molar-refractivity contribution in [2.75, 3.05) is 31.6 Å². The summed E-state index contributed by atoms with van der Waals surface area (Å²) in [6.07, 6.45) is 9.45. The van der Waals surface area contributed by atoms with Crippen LogP contribution in [0.4, 0.5) is 5.69 Å². The van der Waals surface area contributed by atoms with Gasteiger partial charge in [-0.3, -0.25) is 4.79 Å². The molecule has 2 bridgehead atoms. The molecule has 0 spiro atoms. The standard InChI is InChI=1S/C35H36N10O2/c1-47-30-11-24(35(46)44-18-23-6-7-27(44)31(23)37)9-25-32(30)45(17-21-14-42(15-21)29-13-38-19-40-26(29)12-36)34(41-25)28-10-22-3-2-8-39-33(22)43(28)16-20-4-5-20/h2-3,8-11,13,19-21,23,27,31H,4-7,14-18,37H2,1H3/t23-,27-,31-/m1/s1. The van der Waals surface area contributed by atoms with Crippen LogP contribution in [0.1, 0.15) is 41.7 Å². The lowest BCUT2D eigenvalue weighted by Crippen LogP contribution is -2.49. The number of likely N-dealkylation sites (tertiary alicyclic amines) is 1. The molecule has 5 aromatic rings. The lowest BCUT2D eigenvalue weighted by molar-refractivity contribution is 0.0700. The lowest BCUT2D eigenvalue weighted by atomic mass is 9.98. The Labute approximate surface area is 271 Å². The van der Waals surface area contributed by atoms with Gasteiger partial charge < -0.3 is 29.4 Å². The van der Waals surface area contributed by atoms with E-state index in [1.807, 2.05) is 29.3 Å². The van der Waals surface area contributed by atoms with Crippen LogP contribution in [0.25, 0.3) is 33.6 Å². The van der Waals surface area contributed by atoms with Crippen molar-refractivity contribution in [3.63, 3.8) is 0 Å². The minimum absolute atomic E-state index is 0.0102. The summed E-state index contributed by atoms with van der Waals surface area (Å²) >= 11 is 0. The van der Waals surface area contributed by atoms with E-state index < -0.39 is 0 Å². The van der Waals surface area contributed by atoms with Gasteiger partial charge in [0.2, 0.25) is 0 Å². The van der Waals surface area contributed by atoms with E-state index in [1.54, 1.807) is 13.3 Å². The number of rotatable bonds is 8. The molecule has 12 nitrogen and oxygen atoms in total. The van der Waals surface area contributed by atoms with Crippen LogP contribution in [0, 0.1) is 29.1 Å². The van der Waals surface area contributed by atoms with Gasteiger partial charge in [-0.1, -0.05) is 0 Å². The Balaban J connectivity index is 1.14. The van der Waals surface area contributed by atoms with E-state index in [2.05, 4.69) is 42.2 Å². The minimum atomic E-state index is -0.0102. The predicted molar refractivity (Wildman–Crippen MR) is 176 cm³/mol. The van der Waals surface area contributed by atoms with Crippen molar-refractivity contribution in [2.45, 2.75) is 50.9 Å². The van der Waals surface area contributed by atoms with Crippen LogP contribution in [-0.4, -0.2) is 78.7 Å². The fourth-order valence-electron chi connectivity index (χ4n) is 8.13. The number of ether oxygens (including phenoxy) is 1. The molecule has 2 saturated heterocycles. The van der Waals surface area contributed by atoms with E-state index in [0.717, 1.165) is 71.7 Å². The molecular formula is C35H36N10O2. The SMILES string of the molecule is COc1cc(C(=O)N2C[C@H]3CC[C@@H]2[C@@H]3N)cc2nc(-c3cc4cccnc4n3CC3CC3)n(CC3CN(c4cncnc4C#N)C3)c12. The van der Waals surface area contributed by atoms with Crippen molar-refractivity contribution in [2.24, 2.45) is 23.5 Å². The number of nitrogens with zero attached hydrogens (tertiary/aromatic N) is 9. The van der Waals surface area contributed by atoms with Gasteiger partial charge in [-0.25, -0.2) is 19.9 Å². The van der Waals surface area contributed by atoms with Gasteiger partial charge >= 0.3 is 0 Å². The molecule has 2 N–H and O–H groups in total. The van der Waals surface area contributed by atoms with Gasteiger partial charge in [-0.15, -0.1) is 0 Å². The fraction of sp³-hybridized carbons (Fsp3) is 0.429. The molecule has 4 aliphatic rings. The second-order valence-electron chi connectivity index (χ2n) is 13.7. The first-order valence-corrected chi connectivity index (χ1v) is 16.5. The van der Waals surface area contributed by atoms with Crippen molar-refractivity contribution < 1.29 is 9.53 Å². The molecule has 1 aromatic carbocycles. The second kappa shape index (κ2) is 10.8. The number of benzene rings is 1. The number of fused-ring (bicyclic) bond motifs is 4. The number of pyridine rings is 1. The highest BCUT2D eigenvalue weighted by Gasteiger charge is 2.47. The van der Waals surface area contributed by atoms with Crippen LogP contribution in [0.15, 0.2) is 49.1 Å². The summed E-state index contributed by atoms with van der Waals surface area (Å²) in [5.74, 6) is 2.74. The molecule has 6 heterocycles. The highest BCUT2D eigenvalue weighted by atomic mass is 16.5. The van der Waals surface area contributed by atoms with Crippen LogP contribution in [0.5, 0.6) is 5.75 Å². The second-order valence-corrected chi connectivity index (χ2v) is 13.7. The van der Waals surface area contributed by atoms with Crippen molar-refractivity contribution in [3.05, 3.63) is 60.3 Å². The van der Waals surface area contributed by atoms with Crippen molar-refractivity contribution >= 4 is 33.7 Å². The Hall–Kier alpha value is -5.02. The molecule has 2 aliphatic carbocycles. The van der Waals surface area contributed by atoms with E-state index >= 15 is 0 Å². The summed E-state index contributed by atoms with van der Waals surface area (Å²) < 4.78 is 10.6. The van der Waals surface area contributed by atoms with Crippen LogP contribution in [0.3, 0.4) is 0 Å². The Morgan fingerprint density at radius 2 is 1.91 bits per heavy atom. The first-order valence-electron chi connectivity index (χ1n) is 16.5. The molecular weight excluding hydrogens is 592 g/mol. The summed E-state index contributed by atoms with van der Waals surface area (Å²) in [7, 11) is 1.66. The number of piperidine rings is 1. The maximum Gasteiger partial charge on any atom is 0.254 e. The van der Waals surface area contributed by atoms with Crippen molar-refractivity contribution in [3.8, 4) is 23.3 Å². The number of hydrogen-bond donors (Lipinski definition) is 1. The number of carbonyl (C=O) groups excluding carboxylic acids is 1. The van der Waals surface area contributed by atoms with Crippen LogP contribution < -0.4 is 15.4 Å². The number of anilines is 1. The van der Waals surface area contributed by atoms with Gasteiger partial charge in [0, 0.05) is 67.9 Å². The minimum Gasteiger partial charge on any atom is -0.494 e. The summed E-state index contributed by atoms with van der Waals surface area (Å²) in [6, 6.07) is 12.4. The van der Waals surface area contributed by atoms with E-state index in [-0.39, 0.29) is 23.9 Å². The van der Waals surface area contributed by atoms with E-state index in [9.17, 15) is 10.1 Å². The third-order valence-electron chi connectivity index (χ3n) is 10.7. The van der Waals surface area contributed by atoms with E-state index in [1.165, 1.54) is 19.2 Å². The summed E-state index contributed by atoms with van der Waals surface area (Å²) in [4.78, 5) is 36.4. The zero-order valence-electron chi connectivity index (χ0n) is 26.3. The molecule has 2 saturated carbocycles. The maximum atomic E-state index is 13.9. The first kappa shape index (κ1) is 28.2. The maximum absolute atomic E-state index is 13.9. The summed E-state index contributed by atoms with van der Waals surface area (Å²) in [5.41, 5.74) is 11.8. The molecule has 0 unspecified atom stereocenters. The van der Waals surface area contributed by atoms with Gasteiger partial charge in [0.1, 0.15) is 29.3 Å². The number of amides is 1. The van der Waals surface area contributed by atoms with Gasteiger partial charge in [-0.2, -0.15) is 5.26 Å². The summed E-state index contributed by atoms with van der Waals surface area (Å²) in [6.45, 7) is 3.79. The van der Waals surface area contributed by atoms with Gasteiger partial charge in [0.05, 0.1) is 30.2 Å². The zero-order chi connectivity index (χ0) is 31.8. The lowest BCUT2D eigenvalue weighted by Gasteiger charge is -2.41. The molecule has 3 atom stereocenters. The Morgan fingerprint density at radius 1 is 1.06 bits per heavy atom. The number of aromatic nitrogens is 6. The molecule has 238 valence electrons. The highest BCUT2D eigenvalue weighted by Crippen LogP contribution is 2.41. The van der Waals surface area contributed by atoms with E-state index in [0.29, 0.717) is 41.9 Å². The molecule has 4 fully saturated rings. The molecule has 1 amide bonds. The molecule has 0 radical (unpaired) electrons. The zero-order valence-corrected chi connectivity index (χ0v) is 26.3. The van der Waals surface area contributed by atoms with Gasteiger partial charge in [-0.05, 0) is 67.9 Å². The molecule has 47 heavy (non-hydrogen) atoms. The molecule has 4 aromatic heterocycles. The Bertz CT molecular complexity index is 2090. The van der Waals surface area contributed by atoms with Crippen molar-refractivity contribution in [1.82, 2.24) is 34.0 Å². The number of carbonyl (C=O) groups is 1. The van der Waals surface area contributed by atoms with E-state index in [4.69, 9.17) is 20.4 Å². The predicted octanol–water partition coefficient (Wildman–Crippen LogP) is 3.83. The largest absolute Gasteiger partial charge is 0.494 e. The monoisotopic (exact) mass is 628 g/mol. The van der Waals surface area contributed by atoms with Gasteiger partial charge in [0.25, 0.3) is 5.91 Å². The third-order valence-corrected chi connectivity index (χ3v) is 10.7. The van der Waals surface area contributed by atoms with Crippen LogP contribution in [-0.2, 0) is 13.1 Å². The topological polar surface area (TPSA) is 144 Å². The summed E-state index contributed by atoms with van der Waals surface area (Å²) in [5, 5.41) is 10.7. The molecule has 9 rings (SSSR count). The Morgan fingerprint density at radius 3 is 2.66 bits per heavy atom. The van der Waals surface area contributed by atoms with Gasteiger partial charge in [0.15, 0.2) is 11.5 Å². The van der Waals surface area contributed by atoms with Crippen LogP contribution in [0.2, 0.25) is 0 Å². The third kappa shape index (κ3) is 4.55. The number of nitriles is 1. The smallest absolute Gasteiger partial charge is 0.254 e. The first-order chi connectivity index (χ1) is 23.0. The Kier molecular flexibility index (Phi) is 6.47. The van der Waals surface area contributed by atoms with Crippen molar-refractivity contribution in [1.29, 1.82) is 5.26 Å². The molecule has 2 aliphatic heterocycles. The number of nitrogens with two attached hydrogens (primary N) is 1. The molecule has 12 heteroatoms. The number of hydrogen-bond acceptors (Lipinski definition) is 9. The average Bonchev–Trinajstić information content (AvgIpc) is 3.44. The normalized spacial score (nSPS) is 22.3. The number of methoxy groups -OCH3 is 1. The number of imidazole rings is 1. The average molecular weight is 629 g/mol. The quantitative estimate of drug-likeness (QED) is 0.271. The fourth-order valence-corrected chi connectivity index (χ4v) is 8.13.